The average molecular weight is 223 g/mol. The molecule has 0 atom stereocenters. The SMILES string of the molecule is Cc1cc2ccn(C(F)F)c(=O)c2cc1C. The van der Waals surface area contributed by atoms with E-state index >= 15 is 0 Å². The van der Waals surface area contributed by atoms with Crippen LogP contribution in [0.1, 0.15) is 17.7 Å². The van der Waals surface area contributed by atoms with E-state index in [1.54, 1.807) is 6.07 Å². The van der Waals surface area contributed by atoms with Gasteiger partial charge in [-0.25, -0.2) is 0 Å². The molecule has 2 rings (SSSR count). The lowest BCUT2D eigenvalue weighted by Gasteiger charge is -2.07. The van der Waals surface area contributed by atoms with Gasteiger partial charge in [-0.15, -0.1) is 0 Å². The van der Waals surface area contributed by atoms with Gasteiger partial charge in [0.2, 0.25) is 0 Å². The van der Waals surface area contributed by atoms with Crippen LogP contribution in [0, 0.1) is 13.8 Å². The molecular weight excluding hydrogens is 212 g/mol. The third-order valence-corrected chi connectivity index (χ3v) is 2.76. The average Bonchev–Trinajstić information content (AvgIpc) is 2.21. The van der Waals surface area contributed by atoms with Gasteiger partial charge >= 0.3 is 6.55 Å². The molecule has 0 N–H and O–H groups in total. The molecule has 0 saturated heterocycles. The van der Waals surface area contributed by atoms with Crippen LogP contribution in [0.3, 0.4) is 0 Å². The van der Waals surface area contributed by atoms with E-state index in [0.29, 0.717) is 15.3 Å². The zero-order valence-electron chi connectivity index (χ0n) is 9.00. The summed E-state index contributed by atoms with van der Waals surface area (Å²) in [6.45, 7) is 0.986. The molecule has 0 spiro atoms. The second-order valence-corrected chi connectivity index (χ2v) is 3.83. The summed E-state index contributed by atoms with van der Waals surface area (Å²) in [5.41, 5.74) is 1.33. The van der Waals surface area contributed by atoms with Crippen molar-refractivity contribution < 1.29 is 8.78 Å². The Morgan fingerprint density at radius 2 is 1.81 bits per heavy atom. The lowest BCUT2D eigenvalue weighted by molar-refractivity contribution is 0.0669. The third-order valence-electron chi connectivity index (χ3n) is 2.76. The van der Waals surface area contributed by atoms with Crippen molar-refractivity contribution in [1.29, 1.82) is 0 Å². The summed E-state index contributed by atoms with van der Waals surface area (Å²) in [6.07, 6.45) is 1.13. The van der Waals surface area contributed by atoms with E-state index in [1.807, 2.05) is 19.9 Å². The highest BCUT2D eigenvalue weighted by molar-refractivity contribution is 5.83. The van der Waals surface area contributed by atoms with Crippen molar-refractivity contribution in [3.63, 3.8) is 0 Å². The minimum absolute atomic E-state index is 0.339. The van der Waals surface area contributed by atoms with Crippen molar-refractivity contribution >= 4 is 10.8 Å². The molecule has 1 aromatic heterocycles. The molecule has 2 aromatic rings. The smallest absolute Gasteiger partial charge is 0.269 e. The first-order valence-electron chi connectivity index (χ1n) is 4.91. The van der Waals surface area contributed by atoms with E-state index < -0.39 is 12.1 Å². The molecule has 0 saturated carbocycles. The van der Waals surface area contributed by atoms with Crippen LogP contribution in [0.5, 0.6) is 0 Å². The fourth-order valence-electron chi connectivity index (χ4n) is 1.68. The van der Waals surface area contributed by atoms with Crippen LogP contribution >= 0.6 is 0 Å². The van der Waals surface area contributed by atoms with Crippen LogP contribution in [0.15, 0.2) is 29.2 Å². The minimum atomic E-state index is -2.79. The Balaban J connectivity index is 2.85. The van der Waals surface area contributed by atoms with Gasteiger partial charge in [0.15, 0.2) is 0 Å². The molecule has 4 heteroatoms. The monoisotopic (exact) mass is 223 g/mol. The van der Waals surface area contributed by atoms with Crippen molar-refractivity contribution in [1.82, 2.24) is 4.57 Å². The molecule has 1 heterocycles. The number of aryl methyl sites for hydroxylation is 2. The van der Waals surface area contributed by atoms with Crippen LogP contribution in [0.25, 0.3) is 10.8 Å². The number of fused-ring (bicyclic) bond motifs is 1. The number of hydrogen-bond acceptors (Lipinski definition) is 1. The number of aromatic nitrogens is 1. The van der Waals surface area contributed by atoms with E-state index in [-0.39, 0.29) is 0 Å². The van der Waals surface area contributed by atoms with Gasteiger partial charge < -0.3 is 0 Å². The van der Waals surface area contributed by atoms with Crippen molar-refractivity contribution in [2.24, 2.45) is 0 Å². The maximum Gasteiger partial charge on any atom is 0.321 e. The Morgan fingerprint density at radius 3 is 2.44 bits per heavy atom. The standard InChI is InChI=1S/C12H11F2NO/c1-7-5-9-3-4-15(12(13)14)11(16)10(9)6-8(7)2/h3-6,12H,1-2H3. The van der Waals surface area contributed by atoms with E-state index in [9.17, 15) is 13.6 Å². The van der Waals surface area contributed by atoms with Gasteiger partial charge in [0.25, 0.3) is 5.56 Å². The summed E-state index contributed by atoms with van der Waals surface area (Å²) in [5.74, 6) is 0. The molecular formula is C12H11F2NO. The summed E-state index contributed by atoms with van der Waals surface area (Å²) >= 11 is 0. The van der Waals surface area contributed by atoms with Gasteiger partial charge in [-0.1, -0.05) is 6.07 Å². The van der Waals surface area contributed by atoms with Crippen molar-refractivity contribution in [3.8, 4) is 0 Å². The summed E-state index contributed by atoms with van der Waals surface area (Å²) < 4.78 is 25.4. The van der Waals surface area contributed by atoms with Crippen LogP contribution in [0.4, 0.5) is 8.78 Å². The van der Waals surface area contributed by atoms with E-state index in [2.05, 4.69) is 0 Å². The molecule has 0 amide bonds. The number of pyridine rings is 1. The molecule has 2 nitrogen and oxygen atoms in total. The first-order valence-corrected chi connectivity index (χ1v) is 4.91. The summed E-state index contributed by atoms with van der Waals surface area (Å²) in [7, 11) is 0. The third kappa shape index (κ3) is 1.60. The second-order valence-electron chi connectivity index (χ2n) is 3.83. The van der Waals surface area contributed by atoms with E-state index in [1.165, 1.54) is 6.07 Å². The molecule has 1 aromatic carbocycles. The van der Waals surface area contributed by atoms with E-state index in [0.717, 1.165) is 17.3 Å². The number of rotatable bonds is 1. The maximum atomic E-state index is 12.5. The topological polar surface area (TPSA) is 22.0 Å². The van der Waals surface area contributed by atoms with Crippen LogP contribution < -0.4 is 5.56 Å². The highest BCUT2D eigenvalue weighted by atomic mass is 19.3. The summed E-state index contributed by atoms with van der Waals surface area (Å²) in [4.78, 5) is 11.7. The summed E-state index contributed by atoms with van der Waals surface area (Å²) in [6, 6.07) is 5.03. The molecule has 0 radical (unpaired) electrons. The highest BCUT2D eigenvalue weighted by Gasteiger charge is 2.10. The molecule has 0 bridgehead atoms. The maximum absolute atomic E-state index is 12.5. The van der Waals surface area contributed by atoms with Gasteiger partial charge in [0.05, 0.1) is 0 Å². The minimum Gasteiger partial charge on any atom is -0.269 e. The Kier molecular flexibility index (Phi) is 2.50. The number of nitrogens with zero attached hydrogens (tertiary/aromatic N) is 1. The Bertz CT molecular complexity index is 602. The molecule has 84 valence electrons. The zero-order valence-corrected chi connectivity index (χ0v) is 9.00. The van der Waals surface area contributed by atoms with Gasteiger partial charge in [-0.2, -0.15) is 8.78 Å². The Hall–Kier alpha value is -1.71. The fourth-order valence-corrected chi connectivity index (χ4v) is 1.68. The molecule has 0 unspecified atom stereocenters. The predicted octanol–water partition coefficient (Wildman–Crippen LogP) is 3.01. The van der Waals surface area contributed by atoms with Gasteiger partial charge in [0, 0.05) is 11.6 Å². The van der Waals surface area contributed by atoms with Crippen molar-refractivity contribution in [2.75, 3.05) is 0 Å². The zero-order chi connectivity index (χ0) is 11.9. The number of hydrogen-bond donors (Lipinski definition) is 0. The van der Waals surface area contributed by atoms with E-state index in [4.69, 9.17) is 0 Å². The van der Waals surface area contributed by atoms with Gasteiger partial charge in [-0.3, -0.25) is 9.36 Å². The molecule has 0 aliphatic heterocycles. The van der Waals surface area contributed by atoms with Crippen LogP contribution in [-0.2, 0) is 0 Å². The molecule has 0 aliphatic carbocycles. The van der Waals surface area contributed by atoms with Gasteiger partial charge in [0.1, 0.15) is 0 Å². The lowest BCUT2D eigenvalue weighted by Crippen LogP contribution is -2.20. The number of benzene rings is 1. The fraction of sp³-hybridized carbons (Fsp3) is 0.250. The first kappa shape index (κ1) is 10.8. The first-order chi connectivity index (χ1) is 7.50. The van der Waals surface area contributed by atoms with Crippen LogP contribution in [-0.4, -0.2) is 4.57 Å². The number of alkyl halides is 2. The predicted molar refractivity (Wildman–Crippen MR) is 58.9 cm³/mol. The molecule has 16 heavy (non-hydrogen) atoms. The Labute approximate surface area is 91.1 Å². The molecule has 0 fully saturated rings. The summed E-state index contributed by atoms with van der Waals surface area (Å²) in [5, 5.41) is 1.04. The largest absolute Gasteiger partial charge is 0.321 e. The Morgan fingerprint density at radius 1 is 1.19 bits per heavy atom. The second kappa shape index (κ2) is 3.70. The normalized spacial score (nSPS) is 11.3. The van der Waals surface area contributed by atoms with Gasteiger partial charge in [-0.05, 0) is 42.5 Å². The van der Waals surface area contributed by atoms with Crippen molar-refractivity contribution in [3.05, 3.63) is 45.9 Å². The quantitative estimate of drug-likeness (QED) is 0.728. The molecule has 0 aliphatic rings. The number of halogens is 2. The van der Waals surface area contributed by atoms with Crippen molar-refractivity contribution in [2.45, 2.75) is 20.4 Å². The highest BCUT2D eigenvalue weighted by Crippen LogP contribution is 2.17. The van der Waals surface area contributed by atoms with Crippen LogP contribution in [0.2, 0.25) is 0 Å². The lowest BCUT2D eigenvalue weighted by atomic mass is 10.0.